The van der Waals surface area contributed by atoms with Gasteiger partial charge in [0, 0.05) is 25.7 Å². The Labute approximate surface area is 258 Å². The summed E-state index contributed by atoms with van der Waals surface area (Å²) in [7, 11) is 0. The van der Waals surface area contributed by atoms with Crippen LogP contribution in [0, 0.1) is 16.7 Å². The average molecular weight is 629 g/mol. The fourth-order valence-corrected chi connectivity index (χ4v) is 8.65. The first-order valence-electron chi connectivity index (χ1n) is 14.8. The smallest absolute Gasteiger partial charge is 0.454 e. The summed E-state index contributed by atoms with van der Waals surface area (Å²) in [5.41, 5.74) is -6.88. The van der Waals surface area contributed by atoms with Gasteiger partial charge in [0.2, 0.25) is 5.60 Å². The van der Waals surface area contributed by atoms with Gasteiger partial charge in [-0.15, -0.1) is 0 Å². The predicted molar refractivity (Wildman–Crippen MR) is 149 cm³/mol. The maximum atomic E-state index is 15.0. The number of fused-ring (bicyclic) bond motifs is 4. The molecule has 1 aromatic carbocycles. The minimum Gasteiger partial charge on any atom is -0.454 e. The zero-order chi connectivity index (χ0) is 32.9. The number of esters is 3. The Morgan fingerprint density at radius 2 is 1.64 bits per heavy atom. The third-order valence-electron chi connectivity index (χ3n) is 10.7. The number of rotatable bonds is 4. The number of hydrogen-bond donors (Lipinski definition) is 2. The first-order valence-corrected chi connectivity index (χ1v) is 14.8. The molecule has 13 nitrogen and oxygen atoms in total. The molecule has 2 saturated heterocycles. The summed E-state index contributed by atoms with van der Waals surface area (Å²) in [6.45, 7) is 8.18. The van der Waals surface area contributed by atoms with Crippen LogP contribution < -0.4 is 0 Å². The summed E-state index contributed by atoms with van der Waals surface area (Å²) < 4.78 is 35.5. The van der Waals surface area contributed by atoms with Gasteiger partial charge in [0.25, 0.3) is 0 Å². The van der Waals surface area contributed by atoms with Gasteiger partial charge in [0.1, 0.15) is 12.2 Å². The molecule has 2 bridgehead atoms. The lowest BCUT2D eigenvalue weighted by molar-refractivity contribution is -0.345. The van der Waals surface area contributed by atoms with Crippen molar-refractivity contribution >= 4 is 29.8 Å². The standard InChI is InChI=1S/C32H36O13/c1-14-20-22(41-15(2)33)24(37)30(6)18(35)12-19-31(13-40-19,44-16(3)34)23(30)26(42-27(38)17-10-8-7-9-11-17)32(29(20,4)5)25(21(14)36)43-28(39)45-32/h7-11,18-19,21-23,25-26,35-36H,12-13H2,1-6H3/t18-,19-,21-,22-,23+,25+,26+,30-,31+,32-/m1/s1. The maximum Gasteiger partial charge on any atom is 0.509 e. The van der Waals surface area contributed by atoms with E-state index in [-0.39, 0.29) is 29.7 Å². The van der Waals surface area contributed by atoms with E-state index < -0.39 is 94.4 Å². The zero-order valence-corrected chi connectivity index (χ0v) is 25.7. The lowest BCUT2D eigenvalue weighted by Gasteiger charge is -2.67. The van der Waals surface area contributed by atoms with Crippen LogP contribution in [0.3, 0.4) is 0 Å². The van der Waals surface area contributed by atoms with Crippen LogP contribution >= 0.6 is 0 Å². The molecular formula is C32H36O13. The van der Waals surface area contributed by atoms with Gasteiger partial charge < -0.3 is 38.6 Å². The first kappa shape index (κ1) is 31.2. The van der Waals surface area contributed by atoms with E-state index in [0.717, 1.165) is 6.92 Å². The summed E-state index contributed by atoms with van der Waals surface area (Å²) in [6.07, 6.45) is -10.3. The molecule has 0 unspecified atom stereocenters. The summed E-state index contributed by atoms with van der Waals surface area (Å²) in [5, 5.41) is 23.5. The third kappa shape index (κ3) is 3.99. The Morgan fingerprint density at radius 1 is 0.978 bits per heavy atom. The van der Waals surface area contributed by atoms with E-state index in [2.05, 4.69) is 0 Å². The van der Waals surface area contributed by atoms with Crippen molar-refractivity contribution in [2.75, 3.05) is 6.61 Å². The Balaban J connectivity index is 1.72. The van der Waals surface area contributed by atoms with E-state index in [1.165, 1.54) is 32.9 Å². The molecule has 3 aliphatic carbocycles. The van der Waals surface area contributed by atoms with Gasteiger partial charge in [-0.25, -0.2) is 9.59 Å². The second-order valence-electron chi connectivity index (χ2n) is 13.3. The van der Waals surface area contributed by atoms with Crippen molar-refractivity contribution in [3.05, 3.63) is 47.0 Å². The lowest BCUT2D eigenvalue weighted by atomic mass is 9.44. The van der Waals surface area contributed by atoms with Gasteiger partial charge in [0.15, 0.2) is 29.7 Å². The Hall–Kier alpha value is -3.81. The first-order chi connectivity index (χ1) is 21.0. The number of ether oxygens (including phenoxy) is 6. The maximum absolute atomic E-state index is 15.0. The fraction of sp³-hybridized carbons (Fsp3) is 0.594. The van der Waals surface area contributed by atoms with Crippen molar-refractivity contribution in [2.24, 2.45) is 16.7 Å². The van der Waals surface area contributed by atoms with Crippen LogP contribution in [0.25, 0.3) is 0 Å². The summed E-state index contributed by atoms with van der Waals surface area (Å²) in [6, 6.07) is 7.93. The molecule has 242 valence electrons. The molecule has 0 aromatic heterocycles. The van der Waals surface area contributed by atoms with Crippen LogP contribution in [0.2, 0.25) is 0 Å². The Bertz CT molecular complexity index is 1520. The van der Waals surface area contributed by atoms with Gasteiger partial charge >= 0.3 is 24.1 Å². The third-order valence-corrected chi connectivity index (χ3v) is 10.7. The zero-order valence-electron chi connectivity index (χ0n) is 25.7. The molecule has 1 spiro atoms. The highest BCUT2D eigenvalue weighted by atomic mass is 16.8. The second kappa shape index (κ2) is 10.1. The van der Waals surface area contributed by atoms with Crippen LogP contribution in [-0.4, -0.2) is 94.5 Å². The van der Waals surface area contributed by atoms with Gasteiger partial charge in [-0.05, 0) is 37.1 Å². The van der Waals surface area contributed by atoms with E-state index in [1.54, 1.807) is 32.0 Å². The number of Topliss-reactive ketones (excluding diaryl/α,β-unsaturated/α-hetero) is 1. The molecule has 2 aliphatic heterocycles. The van der Waals surface area contributed by atoms with Crippen molar-refractivity contribution in [3.8, 4) is 0 Å². The quantitative estimate of drug-likeness (QED) is 0.280. The van der Waals surface area contributed by atoms with E-state index in [0.29, 0.717) is 0 Å². The van der Waals surface area contributed by atoms with Gasteiger partial charge in [-0.3, -0.25) is 14.4 Å². The van der Waals surface area contributed by atoms with E-state index in [4.69, 9.17) is 28.4 Å². The van der Waals surface area contributed by atoms with Crippen molar-refractivity contribution < 1.29 is 62.6 Å². The van der Waals surface area contributed by atoms with E-state index >= 15 is 0 Å². The SMILES string of the molecule is CC(=O)O[C@H]1C(=O)[C@]2(C)[C@H](O)C[C@H]3OC[C@@]3(OC(C)=O)[C@H]2[C@H](OC(=O)c2ccccc2)[C@]23OC(=O)O[C@H]2[C@H](O)C(C)=C1C3(C)C. The minimum absolute atomic E-state index is 0.103. The highest BCUT2D eigenvalue weighted by Crippen LogP contribution is 2.66. The summed E-state index contributed by atoms with van der Waals surface area (Å²) in [4.78, 5) is 67.4. The molecule has 13 heteroatoms. The molecular weight excluding hydrogens is 592 g/mol. The van der Waals surface area contributed by atoms with Crippen LogP contribution in [-0.2, 0) is 42.8 Å². The molecule has 0 amide bonds. The van der Waals surface area contributed by atoms with Crippen LogP contribution in [0.4, 0.5) is 4.79 Å². The normalized spacial score (nSPS) is 41.0. The molecule has 5 aliphatic rings. The number of hydrogen-bond acceptors (Lipinski definition) is 13. The Morgan fingerprint density at radius 3 is 2.22 bits per heavy atom. The number of carbonyl (C=O) groups excluding carboxylic acids is 5. The molecule has 6 rings (SSSR count). The molecule has 2 heterocycles. The number of ketones is 1. The molecule has 45 heavy (non-hydrogen) atoms. The van der Waals surface area contributed by atoms with Gasteiger partial charge in [-0.1, -0.05) is 32.0 Å². The summed E-state index contributed by atoms with van der Waals surface area (Å²) in [5.74, 6) is -4.68. The van der Waals surface area contributed by atoms with Crippen LogP contribution in [0.15, 0.2) is 41.5 Å². The Kier molecular flexibility index (Phi) is 7.00. The van der Waals surface area contributed by atoms with Crippen molar-refractivity contribution in [1.82, 2.24) is 0 Å². The highest BCUT2D eigenvalue weighted by Gasteiger charge is 2.82. The topological polar surface area (TPSA) is 181 Å². The lowest BCUT2D eigenvalue weighted by Crippen LogP contribution is -2.83. The second-order valence-corrected chi connectivity index (χ2v) is 13.3. The summed E-state index contributed by atoms with van der Waals surface area (Å²) >= 11 is 0. The molecule has 2 saturated carbocycles. The minimum atomic E-state index is -2.10. The van der Waals surface area contributed by atoms with Gasteiger partial charge in [0.05, 0.1) is 29.6 Å². The molecule has 1 aromatic rings. The van der Waals surface area contributed by atoms with Crippen LogP contribution in [0.1, 0.15) is 58.3 Å². The van der Waals surface area contributed by atoms with E-state index in [1.807, 2.05) is 0 Å². The van der Waals surface area contributed by atoms with Gasteiger partial charge in [-0.2, -0.15) is 0 Å². The van der Waals surface area contributed by atoms with Crippen molar-refractivity contribution in [3.63, 3.8) is 0 Å². The van der Waals surface area contributed by atoms with Crippen molar-refractivity contribution in [2.45, 2.75) is 95.8 Å². The average Bonchev–Trinajstić information content (AvgIpc) is 3.34. The monoisotopic (exact) mass is 628 g/mol. The molecule has 0 radical (unpaired) electrons. The largest absolute Gasteiger partial charge is 0.509 e. The number of aliphatic hydroxyl groups excluding tert-OH is 2. The molecule has 2 N–H and O–H groups in total. The number of benzene rings is 1. The van der Waals surface area contributed by atoms with E-state index in [9.17, 15) is 34.2 Å². The molecule has 4 fully saturated rings. The van der Waals surface area contributed by atoms with Crippen LogP contribution in [0.5, 0.6) is 0 Å². The van der Waals surface area contributed by atoms with Crippen molar-refractivity contribution in [1.29, 1.82) is 0 Å². The number of aliphatic hydroxyl groups is 2. The molecule has 10 atom stereocenters. The fourth-order valence-electron chi connectivity index (χ4n) is 8.65. The predicted octanol–water partition coefficient (Wildman–Crippen LogP) is 1.81. The number of carbonyl (C=O) groups is 5. The highest BCUT2D eigenvalue weighted by molar-refractivity contribution is 5.96.